The Morgan fingerprint density at radius 2 is 2.22 bits per heavy atom. The van der Waals surface area contributed by atoms with Gasteiger partial charge in [0.05, 0.1) is 0 Å². The first kappa shape index (κ1) is 11.9. The predicted octanol–water partition coefficient (Wildman–Crippen LogP) is 2.87. The zero-order valence-corrected chi connectivity index (χ0v) is 11.3. The van der Waals surface area contributed by atoms with Gasteiger partial charge in [0.15, 0.2) is 5.78 Å². The van der Waals surface area contributed by atoms with Gasteiger partial charge < -0.3 is 4.90 Å². The Kier molecular flexibility index (Phi) is 2.98. The number of nitrogens with zero attached hydrogens (tertiary/aromatic N) is 1. The maximum atomic E-state index is 12.3. The Hall–Kier alpha value is -1.15. The van der Waals surface area contributed by atoms with Crippen molar-refractivity contribution in [2.45, 2.75) is 32.1 Å². The molecule has 1 aromatic carbocycles. The average molecular weight is 243 g/mol. The Morgan fingerprint density at radius 3 is 3.00 bits per heavy atom. The van der Waals surface area contributed by atoms with Crippen LogP contribution >= 0.6 is 0 Å². The molecule has 0 radical (unpaired) electrons. The van der Waals surface area contributed by atoms with E-state index >= 15 is 0 Å². The summed E-state index contributed by atoms with van der Waals surface area (Å²) in [5.41, 5.74) is 3.59. The second-order valence-corrected chi connectivity index (χ2v) is 5.82. The van der Waals surface area contributed by atoms with Crippen LogP contribution in [-0.2, 0) is 6.42 Å². The number of benzene rings is 1. The maximum Gasteiger partial charge on any atom is 0.163 e. The summed E-state index contributed by atoms with van der Waals surface area (Å²) in [7, 11) is 2.19. The number of Topliss-reactive ketones (excluding diaryl/α,β-unsaturated/α-hetero) is 1. The number of rotatable bonds is 1. The van der Waals surface area contributed by atoms with E-state index in [9.17, 15) is 4.79 Å². The van der Waals surface area contributed by atoms with Gasteiger partial charge in [0.25, 0.3) is 0 Å². The minimum atomic E-state index is 0.367. The molecule has 3 rings (SSSR count). The summed E-state index contributed by atoms with van der Waals surface area (Å²) in [6, 6.07) is 6.54. The molecule has 2 aliphatic rings. The molecular weight excluding hydrogens is 222 g/mol. The summed E-state index contributed by atoms with van der Waals surface area (Å²) in [6.07, 6.45) is 2.94. The lowest BCUT2D eigenvalue weighted by atomic mass is 9.71. The van der Waals surface area contributed by atoms with Crippen LogP contribution in [0.3, 0.4) is 0 Å². The standard InChI is InChI=1S/C16H21NO/c1-3-11-4-5-13-14(8-11)16(18)9-12-6-7-17(2)10-15(12)13/h4-5,8,12,15H,3,6-7,9-10H2,1-2H3/t12-,15-/m0/s1. The lowest BCUT2D eigenvalue weighted by Gasteiger charge is -2.40. The van der Waals surface area contributed by atoms with Crippen molar-refractivity contribution in [1.82, 2.24) is 4.90 Å². The fourth-order valence-corrected chi connectivity index (χ4v) is 3.50. The van der Waals surface area contributed by atoms with Gasteiger partial charge in [0, 0.05) is 24.4 Å². The average Bonchev–Trinajstić information content (AvgIpc) is 2.39. The Balaban J connectivity index is 2.02. The highest BCUT2D eigenvalue weighted by molar-refractivity contribution is 5.99. The summed E-state index contributed by atoms with van der Waals surface area (Å²) in [5, 5.41) is 0. The number of carbonyl (C=O) groups excluding carboxylic acids is 1. The van der Waals surface area contributed by atoms with Crippen LogP contribution < -0.4 is 0 Å². The monoisotopic (exact) mass is 243 g/mol. The smallest absolute Gasteiger partial charge is 0.163 e. The van der Waals surface area contributed by atoms with Crippen LogP contribution in [0.25, 0.3) is 0 Å². The second kappa shape index (κ2) is 4.51. The Labute approximate surface area is 109 Å². The molecule has 0 bridgehead atoms. The van der Waals surface area contributed by atoms with Gasteiger partial charge in [-0.2, -0.15) is 0 Å². The highest BCUT2D eigenvalue weighted by atomic mass is 16.1. The van der Waals surface area contributed by atoms with E-state index in [1.165, 1.54) is 17.5 Å². The van der Waals surface area contributed by atoms with Crippen molar-refractivity contribution < 1.29 is 4.79 Å². The van der Waals surface area contributed by atoms with E-state index in [-0.39, 0.29) is 0 Å². The quantitative estimate of drug-likeness (QED) is 0.756. The van der Waals surface area contributed by atoms with E-state index in [4.69, 9.17) is 0 Å². The topological polar surface area (TPSA) is 20.3 Å². The molecule has 2 heteroatoms. The molecule has 0 aromatic heterocycles. The van der Waals surface area contributed by atoms with Crippen molar-refractivity contribution in [2.24, 2.45) is 5.92 Å². The minimum Gasteiger partial charge on any atom is -0.306 e. The van der Waals surface area contributed by atoms with Crippen molar-refractivity contribution in [3.63, 3.8) is 0 Å². The molecule has 1 aliphatic carbocycles. The molecule has 2 atom stereocenters. The fraction of sp³-hybridized carbons (Fsp3) is 0.562. The van der Waals surface area contributed by atoms with E-state index in [2.05, 4.69) is 37.1 Å². The molecule has 1 saturated heterocycles. The van der Waals surface area contributed by atoms with Gasteiger partial charge in [0.1, 0.15) is 0 Å². The summed E-state index contributed by atoms with van der Waals surface area (Å²) in [5.74, 6) is 1.52. The van der Waals surface area contributed by atoms with Gasteiger partial charge in [0.2, 0.25) is 0 Å². The molecule has 0 amide bonds. The summed E-state index contributed by atoms with van der Waals surface area (Å²) in [6.45, 7) is 4.39. The molecule has 0 N–H and O–H groups in total. The van der Waals surface area contributed by atoms with Gasteiger partial charge in [-0.25, -0.2) is 0 Å². The summed E-state index contributed by atoms with van der Waals surface area (Å²) in [4.78, 5) is 14.7. The lowest BCUT2D eigenvalue weighted by molar-refractivity contribution is 0.0887. The van der Waals surface area contributed by atoms with Crippen molar-refractivity contribution in [2.75, 3.05) is 20.1 Å². The molecule has 1 heterocycles. The molecule has 0 spiro atoms. The normalized spacial score (nSPS) is 27.8. The molecule has 2 nitrogen and oxygen atoms in total. The van der Waals surface area contributed by atoms with Gasteiger partial charge in [-0.05, 0) is 49.5 Å². The molecule has 1 aromatic rings. The van der Waals surface area contributed by atoms with Crippen LogP contribution in [0.1, 0.15) is 47.2 Å². The first-order chi connectivity index (χ1) is 8.69. The maximum absolute atomic E-state index is 12.3. The lowest BCUT2D eigenvalue weighted by Crippen LogP contribution is -2.40. The SMILES string of the molecule is CCc1ccc2c(c1)C(=O)C[C@@H]1CCN(C)C[C@H]21. The number of hydrogen-bond acceptors (Lipinski definition) is 2. The molecule has 18 heavy (non-hydrogen) atoms. The van der Waals surface area contributed by atoms with Gasteiger partial charge >= 0.3 is 0 Å². The van der Waals surface area contributed by atoms with E-state index in [0.29, 0.717) is 17.6 Å². The molecule has 1 fully saturated rings. The van der Waals surface area contributed by atoms with E-state index < -0.39 is 0 Å². The zero-order valence-electron chi connectivity index (χ0n) is 11.3. The minimum absolute atomic E-state index is 0.367. The Bertz CT molecular complexity index is 480. The molecule has 0 unspecified atom stereocenters. The molecular formula is C16H21NO. The second-order valence-electron chi connectivity index (χ2n) is 5.82. The Morgan fingerprint density at radius 1 is 1.39 bits per heavy atom. The highest BCUT2D eigenvalue weighted by Gasteiger charge is 2.36. The van der Waals surface area contributed by atoms with E-state index in [1.807, 2.05) is 0 Å². The number of ketones is 1. The van der Waals surface area contributed by atoms with Gasteiger partial charge in [-0.1, -0.05) is 19.1 Å². The molecule has 1 aliphatic heterocycles. The number of hydrogen-bond donors (Lipinski definition) is 0. The number of likely N-dealkylation sites (tertiary alicyclic amines) is 1. The van der Waals surface area contributed by atoms with Crippen LogP contribution in [0.2, 0.25) is 0 Å². The van der Waals surface area contributed by atoms with Gasteiger partial charge in [-0.3, -0.25) is 4.79 Å². The third-order valence-corrected chi connectivity index (χ3v) is 4.63. The molecule has 0 saturated carbocycles. The molecule has 96 valence electrons. The van der Waals surface area contributed by atoms with Crippen molar-refractivity contribution in [1.29, 1.82) is 0 Å². The third-order valence-electron chi connectivity index (χ3n) is 4.63. The van der Waals surface area contributed by atoms with E-state index in [1.54, 1.807) is 0 Å². The number of piperidine rings is 1. The van der Waals surface area contributed by atoms with Crippen LogP contribution in [0.5, 0.6) is 0 Å². The number of likely N-dealkylation sites (N-methyl/N-ethyl adjacent to an activating group) is 1. The number of carbonyl (C=O) groups is 1. The summed E-state index contributed by atoms with van der Waals surface area (Å²) >= 11 is 0. The van der Waals surface area contributed by atoms with Crippen LogP contribution in [-0.4, -0.2) is 30.8 Å². The number of aryl methyl sites for hydroxylation is 1. The van der Waals surface area contributed by atoms with Crippen molar-refractivity contribution in [3.05, 3.63) is 34.9 Å². The fourth-order valence-electron chi connectivity index (χ4n) is 3.50. The van der Waals surface area contributed by atoms with Crippen molar-refractivity contribution in [3.8, 4) is 0 Å². The highest BCUT2D eigenvalue weighted by Crippen LogP contribution is 2.41. The van der Waals surface area contributed by atoms with Crippen LogP contribution in [0.4, 0.5) is 0 Å². The largest absolute Gasteiger partial charge is 0.306 e. The zero-order chi connectivity index (χ0) is 12.7. The number of fused-ring (bicyclic) bond motifs is 3. The van der Waals surface area contributed by atoms with Gasteiger partial charge in [-0.15, -0.1) is 0 Å². The van der Waals surface area contributed by atoms with E-state index in [0.717, 1.165) is 31.5 Å². The van der Waals surface area contributed by atoms with Crippen molar-refractivity contribution >= 4 is 5.78 Å². The van der Waals surface area contributed by atoms with Crippen LogP contribution in [0, 0.1) is 5.92 Å². The predicted molar refractivity (Wildman–Crippen MR) is 73.1 cm³/mol. The first-order valence-corrected chi connectivity index (χ1v) is 7.03. The third kappa shape index (κ3) is 1.89. The summed E-state index contributed by atoms with van der Waals surface area (Å²) < 4.78 is 0. The first-order valence-electron chi connectivity index (χ1n) is 7.03. The van der Waals surface area contributed by atoms with Crippen LogP contribution in [0.15, 0.2) is 18.2 Å².